The Morgan fingerprint density at radius 2 is 2.00 bits per heavy atom. The van der Waals surface area contributed by atoms with Crippen molar-refractivity contribution in [2.75, 3.05) is 0 Å². The fourth-order valence-corrected chi connectivity index (χ4v) is 2.41. The first-order valence-electron chi connectivity index (χ1n) is 6.34. The Hall–Kier alpha value is -1.25. The molecule has 1 aromatic carbocycles. The molecule has 3 rings (SSSR count). The lowest BCUT2D eigenvalue weighted by Gasteiger charge is -2.18. The Bertz CT molecular complexity index is 488. The Kier molecular flexibility index (Phi) is 3.39. The summed E-state index contributed by atoms with van der Waals surface area (Å²) in [6, 6.07) is 12.5. The molecule has 0 radical (unpaired) electrons. The van der Waals surface area contributed by atoms with Gasteiger partial charge in [-0.1, -0.05) is 23.7 Å². The number of halogens is 1. The summed E-state index contributed by atoms with van der Waals surface area (Å²) < 4.78 is 5.36. The molecule has 94 valence electrons. The first-order valence-corrected chi connectivity index (χ1v) is 6.72. The molecule has 2 aromatic rings. The molecule has 1 unspecified atom stereocenters. The van der Waals surface area contributed by atoms with Crippen molar-refractivity contribution >= 4 is 11.6 Å². The van der Waals surface area contributed by atoms with E-state index in [-0.39, 0.29) is 0 Å². The second-order valence-electron chi connectivity index (χ2n) is 4.83. The van der Waals surface area contributed by atoms with E-state index in [4.69, 9.17) is 16.0 Å². The molecule has 1 aliphatic rings. The van der Waals surface area contributed by atoms with Crippen LogP contribution in [-0.2, 0) is 6.54 Å². The number of furan rings is 1. The number of hydrogen-bond donors (Lipinski definition) is 1. The van der Waals surface area contributed by atoms with Crippen molar-refractivity contribution in [3.8, 4) is 0 Å². The molecule has 0 bridgehead atoms. The molecule has 0 amide bonds. The topological polar surface area (TPSA) is 25.2 Å². The smallest absolute Gasteiger partial charge is 0.117 e. The van der Waals surface area contributed by atoms with E-state index >= 15 is 0 Å². The predicted molar refractivity (Wildman–Crippen MR) is 72.5 cm³/mol. The average molecular weight is 262 g/mol. The summed E-state index contributed by atoms with van der Waals surface area (Å²) in [7, 11) is 0. The molecule has 0 spiro atoms. The molecule has 1 aromatic heterocycles. The Morgan fingerprint density at radius 1 is 1.22 bits per heavy atom. The molecule has 18 heavy (non-hydrogen) atoms. The summed E-state index contributed by atoms with van der Waals surface area (Å²) in [6.07, 6.45) is 4.32. The van der Waals surface area contributed by atoms with Crippen LogP contribution in [0.3, 0.4) is 0 Å². The van der Waals surface area contributed by atoms with Crippen molar-refractivity contribution in [1.29, 1.82) is 0 Å². The molecule has 1 N–H and O–H groups in total. The highest BCUT2D eigenvalue weighted by atomic mass is 35.5. The zero-order chi connectivity index (χ0) is 12.4. The highest BCUT2D eigenvalue weighted by Gasteiger charge is 2.31. The van der Waals surface area contributed by atoms with Gasteiger partial charge in [0.05, 0.1) is 12.8 Å². The molecule has 0 saturated heterocycles. The van der Waals surface area contributed by atoms with E-state index in [2.05, 4.69) is 17.4 Å². The maximum absolute atomic E-state index is 5.93. The molecule has 0 aliphatic heterocycles. The van der Waals surface area contributed by atoms with Gasteiger partial charge in [0.1, 0.15) is 5.76 Å². The SMILES string of the molecule is Clc1ccc(C(NCc2ccco2)C2CC2)cc1. The number of benzene rings is 1. The number of nitrogens with one attached hydrogen (secondary N) is 1. The van der Waals surface area contributed by atoms with Gasteiger partial charge in [-0.3, -0.25) is 0 Å². The van der Waals surface area contributed by atoms with Gasteiger partial charge in [-0.05, 0) is 48.6 Å². The standard InChI is InChI=1S/C15H16ClNO/c16-13-7-5-12(6-8-13)15(11-3-4-11)17-10-14-2-1-9-18-14/h1-2,5-9,11,15,17H,3-4,10H2. The van der Waals surface area contributed by atoms with Crippen LogP contribution in [0.5, 0.6) is 0 Å². The monoisotopic (exact) mass is 261 g/mol. The van der Waals surface area contributed by atoms with Crippen LogP contribution in [0.15, 0.2) is 47.1 Å². The van der Waals surface area contributed by atoms with E-state index < -0.39 is 0 Å². The van der Waals surface area contributed by atoms with Crippen molar-refractivity contribution in [3.63, 3.8) is 0 Å². The summed E-state index contributed by atoms with van der Waals surface area (Å²) in [4.78, 5) is 0. The van der Waals surface area contributed by atoms with Gasteiger partial charge >= 0.3 is 0 Å². The quantitative estimate of drug-likeness (QED) is 0.874. The van der Waals surface area contributed by atoms with Gasteiger partial charge in [0.25, 0.3) is 0 Å². The van der Waals surface area contributed by atoms with Gasteiger partial charge in [-0.15, -0.1) is 0 Å². The number of hydrogen-bond acceptors (Lipinski definition) is 2. The highest BCUT2D eigenvalue weighted by Crippen LogP contribution is 2.41. The molecular formula is C15H16ClNO. The molecular weight excluding hydrogens is 246 g/mol. The van der Waals surface area contributed by atoms with E-state index in [1.54, 1.807) is 6.26 Å². The van der Waals surface area contributed by atoms with Gasteiger partial charge in [-0.25, -0.2) is 0 Å². The first-order chi connectivity index (χ1) is 8.83. The van der Waals surface area contributed by atoms with Gasteiger partial charge in [0.2, 0.25) is 0 Å². The predicted octanol–water partition coefficient (Wildman–Crippen LogP) is 4.17. The summed E-state index contributed by atoms with van der Waals surface area (Å²) in [5, 5.41) is 4.37. The normalized spacial score (nSPS) is 16.7. The Labute approximate surface area is 112 Å². The van der Waals surface area contributed by atoms with Gasteiger partial charge in [0, 0.05) is 11.1 Å². The van der Waals surface area contributed by atoms with E-state index in [1.165, 1.54) is 18.4 Å². The largest absolute Gasteiger partial charge is 0.468 e. The lowest BCUT2D eigenvalue weighted by molar-refractivity contribution is 0.426. The summed E-state index contributed by atoms with van der Waals surface area (Å²) in [6.45, 7) is 0.775. The van der Waals surface area contributed by atoms with Crippen LogP contribution in [0.4, 0.5) is 0 Å². The maximum Gasteiger partial charge on any atom is 0.117 e. The Morgan fingerprint density at radius 3 is 2.61 bits per heavy atom. The molecule has 1 fully saturated rings. The summed E-state index contributed by atoms with van der Waals surface area (Å²) in [5.41, 5.74) is 1.31. The molecule has 1 atom stereocenters. The Balaban J connectivity index is 1.70. The van der Waals surface area contributed by atoms with Crippen LogP contribution in [0.25, 0.3) is 0 Å². The van der Waals surface area contributed by atoms with Crippen molar-refractivity contribution < 1.29 is 4.42 Å². The molecule has 2 nitrogen and oxygen atoms in total. The minimum absolute atomic E-state index is 0.410. The number of rotatable bonds is 5. The summed E-state index contributed by atoms with van der Waals surface area (Å²) >= 11 is 5.93. The van der Waals surface area contributed by atoms with E-state index in [1.807, 2.05) is 24.3 Å². The van der Waals surface area contributed by atoms with E-state index in [0.29, 0.717) is 6.04 Å². The van der Waals surface area contributed by atoms with Gasteiger partial charge in [0.15, 0.2) is 0 Å². The lowest BCUT2D eigenvalue weighted by atomic mass is 10.0. The minimum Gasteiger partial charge on any atom is -0.468 e. The molecule has 1 saturated carbocycles. The van der Waals surface area contributed by atoms with E-state index in [0.717, 1.165) is 23.2 Å². The fraction of sp³-hybridized carbons (Fsp3) is 0.333. The van der Waals surface area contributed by atoms with Gasteiger partial charge < -0.3 is 9.73 Å². The van der Waals surface area contributed by atoms with E-state index in [9.17, 15) is 0 Å². The molecule has 3 heteroatoms. The van der Waals surface area contributed by atoms with Crippen molar-refractivity contribution in [2.45, 2.75) is 25.4 Å². The van der Waals surface area contributed by atoms with Crippen LogP contribution in [0.1, 0.15) is 30.2 Å². The minimum atomic E-state index is 0.410. The third-order valence-electron chi connectivity index (χ3n) is 3.40. The van der Waals surface area contributed by atoms with Crippen LogP contribution in [0.2, 0.25) is 5.02 Å². The first kappa shape index (κ1) is 11.8. The zero-order valence-electron chi connectivity index (χ0n) is 10.1. The van der Waals surface area contributed by atoms with Crippen molar-refractivity contribution in [2.24, 2.45) is 5.92 Å². The van der Waals surface area contributed by atoms with Crippen LogP contribution in [0, 0.1) is 5.92 Å². The lowest BCUT2D eigenvalue weighted by Crippen LogP contribution is -2.22. The average Bonchev–Trinajstić information content (AvgIpc) is 3.08. The van der Waals surface area contributed by atoms with Crippen molar-refractivity contribution in [1.82, 2.24) is 5.32 Å². The fourth-order valence-electron chi connectivity index (χ4n) is 2.28. The summed E-state index contributed by atoms with van der Waals surface area (Å²) in [5.74, 6) is 1.73. The maximum atomic E-state index is 5.93. The second-order valence-corrected chi connectivity index (χ2v) is 5.26. The third-order valence-corrected chi connectivity index (χ3v) is 3.65. The van der Waals surface area contributed by atoms with Crippen LogP contribution < -0.4 is 5.32 Å². The second kappa shape index (κ2) is 5.17. The highest BCUT2D eigenvalue weighted by molar-refractivity contribution is 6.30. The van der Waals surface area contributed by atoms with Crippen molar-refractivity contribution in [3.05, 3.63) is 59.0 Å². The molecule has 1 aliphatic carbocycles. The zero-order valence-corrected chi connectivity index (χ0v) is 10.9. The van der Waals surface area contributed by atoms with Crippen LogP contribution >= 0.6 is 11.6 Å². The third kappa shape index (κ3) is 2.77. The molecule has 1 heterocycles. The van der Waals surface area contributed by atoms with Crippen LogP contribution in [-0.4, -0.2) is 0 Å². The van der Waals surface area contributed by atoms with Gasteiger partial charge in [-0.2, -0.15) is 0 Å².